The third kappa shape index (κ3) is 7.70. The van der Waals surface area contributed by atoms with E-state index in [1.807, 2.05) is 26.1 Å². The number of nitrogens with zero attached hydrogens (tertiary/aromatic N) is 1. The summed E-state index contributed by atoms with van der Waals surface area (Å²) in [4.78, 5) is 3.96. The van der Waals surface area contributed by atoms with E-state index >= 15 is 0 Å². The zero-order valence-electron chi connectivity index (χ0n) is 11.3. The van der Waals surface area contributed by atoms with Crippen molar-refractivity contribution in [2.75, 3.05) is 0 Å². The molecule has 0 radical (unpaired) electrons. The van der Waals surface area contributed by atoms with E-state index in [4.69, 9.17) is 0 Å². The van der Waals surface area contributed by atoms with E-state index in [1.54, 1.807) is 17.5 Å². The Morgan fingerprint density at radius 1 is 1.06 bits per heavy atom. The second-order valence-corrected chi connectivity index (χ2v) is 3.98. The van der Waals surface area contributed by atoms with Gasteiger partial charge in [-0.05, 0) is 46.9 Å². The third-order valence-corrected chi connectivity index (χ3v) is 2.85. The average Bonchev–Trinajstić information content (AvgIpc) is 2.96. The summed E-state index contributed by atoms with van der Waals surface area (Å²) in [6.07, 6.45) is 5.93. The van der Waals surface area contributed by atoms with Crippen molar-refractivity contribution in [3.63, 3.8) is 0 Å². The molecule has 2 heteroatoms. The van der Waals surface area contributed by atoms with Gasteiger partial charge < -0.3 is 0 Å². The van der Waals surface area contributed by atoms with Gasteiger partial charge in [-0.1, -0.05) is 33.8 Å². The lowest BCUT2D eigenvalue weighted by atomic mass is 10.2. The molecule has 0 aromatic carbocycles. The number of thiophene rings is 1. The van der Waals surface area contributed by atoms with Crippen molar-refractivity contribution in [2.45, 2.75) is 40.5 Å². The van der Waals surface area contributed by atoms with E-state index in [0.29, 0.717) is 0 Å². The molecule has 0 atom stereocenters. The number of pyridine rings is 1. The second-order valence-electron chi connectivity index (χ2n) is 3.20. The van der Waals surface area contributed by atoms with E-state index in [0.717, 1.165) is 6.42 Å². The standard InChI is InChI=1S/C7H9N.C6H8S.C2H6/c1-2-7-4-3-5-8-6-7;1-2-6-3-4-7-5-6;1-2/h3-6H,2H2,1H3;3-5H,2H2,1H3;1-2H3. The molecule has 0 aliphatic heterocycles. The van der Waals surface area contributed by atoms with Crippen molar-refractivity contribution in [3.8, 4) is 0 Å². The molecule has 0 aliphatic carbocycles. The first-order valence-corrected chi connectivity index (χ1v) is 7.21. The lowest BCUT2D eigenvalue weighted by molar-refractivity contribution is 1.10. The molecule has 2 aromatic heterocycles. The first kappa shape index (κ1) is 15.9. The summed E-state index contributed by atoms with van der Waals surface area (Å²) >= 11 is 1.76. The van der Waals surface area contributed by atoms with Gasteiger partial charge in [-0.15, -0.1) is 0 Å². The van der Waals surface area contributed by atoms with Crippen molar-refractivity contribution in [3.05, 3.63) is 52.5 Å². The fraction of sp³-hybridized carbons (Fsp3) is 0.400. The Labute approximate surface area is 110 Å². The van der Waals surface area contributed by atoms with Crippen LogP contribution in [0.1, 0.15) is 38.8 Å². The van der Waals surface area contributed by atoms with Crippen LogP contribution < -0.4 is 0 Å². The van der Waals surface area contributed by atoms with E-state index in [9.17, 15) is 0 Å². The van der Waals surface area contributed by atoms with E-state index < -0.39 is 0 Å². The van der Waals surface area contributed by atoms with Gasteiger partial charge in [0, 0.05) is 12.4 Å². The average molecular weight is 249 g/mol. The molecular formula is C15H23NS. The van der Waals surface area contributed by atoms with Gasteiger partial charge in [0.1, 0.15) is 0 Å². The first-order valence-electron chi connectivity index (χ1n) is 6.26. The minimum absolute atomic E-state index is 1.08. The Bertz CT molecular complexity index is 340. The zero-order chi connectivity index (χ0) is 12.9. The van der Waals surface area contributed by atoms with Gasteiger partial charge in [-0.3, -0.25) is 4.98 Å². The topological polar surface area (TPSA) is 12.9 Å². The molecule has 0 spiro atoms. The number of hydrogen-bond donors (Lipinski definition) is 0. The van der Waals surface area contributed by atoms with Gasteiger partial charge in [-0.2, -0.15) is 11.3 Å². The quantitative estimate of drug-likeness (QED) is 0.731. The fourth-order valence-electron chi connectivity index (χ4n) is 1.10. The highest BCUT2D eigenvalue weighted by Gasteiger charge is 1.82. The van der Waals surface area contributed by atoms with Crippen molar-refractivity contribution >= 4 is 11.3 Å². The summed E-state index contributed by atoms with van der Waals surface area (Å²) in [7, 11) is 0. The van der Waals surface area contributed by atoms with E-state index in [2.05, 4.69) is 41.7 Å². The molecule has 0 saturated heterocycles. The van der Waals surface area contributed by atoms with Crippen LogP contribution in [0.2, 0.25) is 0 Å². The number of rotatable bonds is 2. The van der Waals surface area contributed by atoms with Crippen molar-refractivity contribution in [1.29, 1.82) is 0 Å². The lowest BCUT2D eigenvalue weighted by Gasteiger charge is -1.88. The summed E-state index contributed by atoms with van der Waals surface area (Å²) in [5.41, 5.74) is 2.75. The summed E-state index contributed by atoms with van der Waals surface area (Å²) in [5.74, 6) is 0. The SMILES string of the molecule is CC.CCc1cccnc1.CCc1ccsc1. The maximum Gasteiger partial charge on any atom is 0.0299 e. The van der Waals surface area contributed by atoms with Crippen LogP contribution >= 0.6 is 11.3 Å². The van der Waals surface area contributed by atoms with Gasteiger partial charge >= 0.3 is 0 Å². The minimum Gasteiger partial charge on any atom is -0.264 e. The summed E-state index contributed by atoms with van der Waals surface area (Å²) in [5, 5.41) is 4.29. The molecule has 2 heterocycles. The summed E-state index contributed by atoms with van der Waals surface area (Å²) in [6, 6.07) is 6.19. The molecule has 0 unspecified atom stereocenters. The summed E-state index contributed by atoms with van der Waals surface area (Å²) in [6.45, 7) is 8.29. The normalized spacial score (nSPS) is 8.47. The zero-order valence-corrected chi connectivity index (χ0v) is 12.1. The second kappa shape index (κ2) is 11.3. The smallest absolute Gasteiger partial charge is 0.0299 e. The minimum atomic E-state index is 1.08. The molecule has 2 aromatic rings. The van der Waals surface area contributed by atoms with Crippen molar-refractivity contribution in [2.24, 2.45) is 0 Å². The fourth-order valence-corrected chi connectivity index (χ4v) is 1.85. The highest BCUT2D eigenvalue weighted by atomic mass is 32.1. The molecule has 0 N–H and O–H groups in total. The molecule has 17 heavy (non-hydrogen) atoms. The van der Waals surface area contributed by atoms with Crippen LogP contribution in [0.15, 0.2) is 41.4 Å². The van der Waals surface area contributed by atoms with Crippen LogP contribution in [-0.2, 0) is 12.8 Å². The molecule has 94 valence electrons. The van der Waals surface area contributed by atoms with Crippen molar-refractivity contribution in [1.82, 2.24) is 4.98 Å². The van der Waals surface area contributed by atoms with Gasteiger partial charge in [-0.25, -0.2) is 0 Å². The maximum absolute atomic E-state index is 3.96. The predicted molar refractivity (Wildman–Crippen MR) is 78.7 cm³/mol. The molecular weight excluding hydrogens is 226 g/mol. The molecule has 1 nitrogen and oxygen atoms in total. The lowest BCUT2D eigenvalue weighted by Crippen LogP contribution is -1.77. The van der Waals surface area contributed by atoms with Crippen LogP contribution in [0.25, 0.3) is 0 Å². The largest absolute Gasteiger partial charge is 0.264 e. The van der Waals surface area contributed by atoms with Gasteiger partial charge in [0.05, 0.1) is 0 Å². The van der Waals surface area contributed by atoms with Crippen LogP contribution in [0.3, 0.4) is 0 Å². The predicted octanol–water partition coefficient (Wildman–Crippen LogP) is 4.98. The molecule has 0 aliphatic rings. The van der Waals surface area contributed by atoms with E-state index in [-0.39, 0.29) is 0 Å². The van der Waals surface area contributed by atoms with E-state index in [1.165, 1.54) is 17.5 Å². The highest BCUT2D eigenvalue weighted by Crippen LogP contribution is 2.04. The molecule has 2 rings (SSSR count). The molecule has 0 amide bonds. The van der Waals surface area contributed by atoms with Gasteiger partial charge in [0.15, 0.2) is 0 Å². The maximum atomic E-state index is 3.96. The molecule has 0 bridgehead atoms. The number of hydrogen-bond acceptors (Lipinski definition) is 2. The highest BCUT2D eigenvalue weighted by molar-refractivity contribution is 7.07. The Morgan fingerprint density at radius 3 is 2.06 bits per heavy atom. The van der Waals surface area contributed by atoms with Gasteiger partial charge in [0.2, 0.25) is 0 Å². The Morgan fingerprint density at radius 2 is 1.76 bits per heavy atom. The Balaban J connectivity index is 0.000000265. The monoisotopic (exact) mass is 249 g/mol. The van der Waals surface area contributed by atoms with Crippen LogP contribution in [-0.4, -0.2) is 4.98 Å². The first-order chi connectivity index (χ1) is 8.36. The van der Waals surface area contributed by atoms with Crippen LogP contribution in [0.4, 0.5) is 0 Å². The van der Waals surface area contributed by atoms with Crippen molar-refractivity contribution < 1.29 is 0 Å². The Hall–Kier alpha value is -1.15. The van der Waals surface area contributed by atoms with Gasteiger partial charge in [0.25, 0.3) is 0 Å². The van der Waals surface area contributed by atoms with Crippen LogP contribution in [0.5, 0.6) is 0 Å². The van der Waals surface area contributed by atoms with Crippen LogP contribution in [0, 0.1) is 0 Å². The number of aromatic nitrogens is 1. The summed E-state index contributed by atoms with van der Waals surface area (Å²) < 4.78 is 0. The molecule has 0 fully saturated rings. The number of aryl methyl sites for hydroxylation is 2. The third-order valence-electron chi connectivity index (χ3n) is 2.12. The Kier molecular flexibility index (Phi) is 10.6. The molecule has 0 saturated carbocycles.